The van der Waals surface area contributed by atoms with Gasteiger partial charge in [-0.15, -0.1) is 0 Å². The molecule has 0 aliphatic rings. The molecule has 0 atom stereocenters. The molecule has 0 spiro atoms. The highest BCUT2D eigenvalue weighted by Crippen LogP contribution is 2.25. The summed E-state index contributed by atoms with van der Waals surface area (Å²) in [5.74, 6) is -0.0971. The Hall–Kier alpha value is -3.04. The summed E-state index contributed by atoms with van der Waals surface area (Å²) in [6, 6.07) is 23.3. The minimum absolute atomic E-state index is 0.0971. The van der Waals surface area contributed by atoms with Gasteiger partial charge in [0.2, 0.25) is 5.91 Å². The van der Waals surface area contributed by atoms with E-state index in [2.05, 4.69) is 17.4 Å². The number of rotatable bonds is 4. The number of fused-ring (bicyclic) bond motifs is 1. The van der Waals surface area contributed by atoms with Crippen molar-refractivity contribution in [3.8, 4) is 11.1 Å². The first-order chi connectivity index (χ1) is 12.7. The number of hydrogen-bond donors (Lipinski definition) is 1. The molecule has 0 aliphatic carbocycles. The second-order valence-electron chi connectivity index (χ2n) is 6.07. The van der Waals surface area contributed by atoms with Crippen molar-refractivity contribution in [2.24, 2.45) is 0 Å². The molecule has 3 nitrogen and oxygen atoms in total. The van der Waals surface area contributed by atoms with Crippen LogP contribution in [0.2, 0.25) is 5.02 Å². The Kier molecular flexibility index (Phi) is 4.46. The average Bonchev–Trinajstić information content (AvgIpc) is 3.05. The monoisotopic (exact) mass is 361 g/mol. The highest BCUT2D eigenvalue weighted by Gasteiger charge is 2.11. The Bertz CT molecular complexity index is 1050. The molecule has 1 N–H and O–H groups in total. The lowest BCUT2D eigenvalue weighted by molar-refractivity contribution is -0.115. The van der Waals surface area contributed by atoms with E-state index in [0.29, 0.717) is 5.02 Å². The van der Waals surface area contributed by atoms with E-state index in [1.807, 2.05) is 48.5 Å². The second-order valence-corrected chi connectivity index (χ2v) is 6.51. The van der Waals surface area contributed by atoms with Crippen LogP contribution >= 0.6 is 11.6 Å². The van der Waals surface area contributed by atoms with E-state index in [0.717, 1.165) is 33.3 Å². The summed E-state index contributed by atoms with van der Waals surface area (Å²) in [5.41, 5.74) is 4.57. The van der Waals surface area contributed by atoms with Gasteiger partial charge in [0.25, 0.3) is 0 Å². The van der Waals surface area contributed by atoms with Crippen LogP contribution < -0.4 is 5.32 Å². The molecule has 0 aliphatic heterocycles. The predicted molar refractivity (Wildman–Crippen MR) is 105 cm³/mol. The molecule has 4 aromatic rings. The molecule has 3 aromatic carbocycles. The summed E-state index contributed by atoms with van der Waals surface area (Å²) in [6.07, 6.45) is 1.84. The largest absolute Gasteiger partial charge is 0.464 e. The second kappa shape index (κ2) is 7.06. The molecular formula is C22H16ClNO2. The Balaban J connectivity index is 1.47. The van der Waals surface area contributed by atoms with Gasteiger partial charge < -0.3 is 9.73 Å². The lowest BCUT2D eigenvalue weighted by Crippen LogP contribution is -2.14. The van der Waals surface area contributed by atoms with Crippen molar-refractivity contribution in [2.75, 3.05) is 5.32 Å². The molecule has 1 aromatic heterocycles. The van der Waals surface area contributed by atoms with Gasteiger partial charge in [-0.2, -0.15) is 0 Å². The number of carbonyl (C=O) groups excluding carboxylic acids is 1. The third kappa shape index (κ3) is 3.48. The highest BCUT2D eigenvalue weighted by atomic mass is 35.5. The van der Waals surface area contributed by atoms with Gasteiger partial charge in [0, 0.05) is 21.7 Å². The first-order valence-corrected chi connectivity index (χ1v) is 8.68. The van der Waals surface area contributed by atoms with Gasteiger partial charge in [-0.25, -0.2) is 0 Å². The van der Waals surface area contributed by atoms with Crippen LogP contribution in [0, 0.1) is 0 Å². The number of hydrogen-bond acceptors (Lipinski definition) is 2. The van der Waals surface area contributed by atoms with E-state index in [9.17, 15) is 4.79 Å². The number of amides is 1. The number of carbonyl (C=O) groups is 1. The normalized spacial score (nSPS) is 10.8. The fourth-order valence-corrected chi connectivity index (χ4v) is 3.12. The summed E-state index contributed by atoms with van der Waals surface area (Å²) in [5, 5.41) is 4.41. The quantitative estimate of drug-likeness (QED) is 0.489. The molecule has 1 amide bonds. The fraction of sp³-hybridized carbons (Fsp3) is 0.0455. The number of benzene rings is 3. The molecule has 0 saturated carbocycles. The predicted octanol–water partition coefficient (Wildman–Crippen LogP) is 5.93. The van der Waals surface area contributed by atoms with E-state index >= 15 is 0 Å². The molecule has 4 heteroatoms. The van der Waals surface area contributed by atoms with Crippen LogP contribution in [0.4, 0.5) is 5.69 Å². The number of furan rings is 1. The van der Waals surface area contributed by atoms with Crippen molar-refractivity contribution in [3.05, 3.63) is 89.6 Å². The third-order valence-electron chi connectivity index (χ3n) is 4.24. The van der Waals surface area contributed by atoms with Crippen molar-refractivity contribution in [3.63, 3.8) is 0 Å². The van der Waals surface area contributed by atoms with Gasteiger partial charge in [-0.1, -0.05) is 54.1 Å². The molecule has 0 fully saturated rings. The first kappa shape index (κ1) is 16.4. The van der Waals surface area contributed by atoms with E-state index in [1.54, 1.807) is 18.4 Å². The van der Waals surface area contributed by atoms with Crippen LogP contribution in [0.1, 0.15) is 5.56 Å². The van der Waals surface area contributed by atoms with Crippen molar-refractivity contribution in [2.45, 2.75) is 6.42 Å². The third-order valence-corrected chi connectivity index (χ3v) is 4.48. The molecule has 26 heavy (non-hydrogen) atoms. The van der Waals surface area contributed by atoms with Crippen molar-refractivity contribution < 1.29 is 9.21 Å². The Labute approximate surface area is 156 Å². The van der Waals surface area contributed by atoms with Gasteiger partial charge in [-0.3, -0.25) is 4.79 Å². The molecule has 0 radical (unpaired) electrons. The lowest BCUT2D eigenvalue weighted by atomic mass is 10.1. The van der Waals surface area contributed by atoms with Gasteiger partial charge in [0.15, 0.2) is 0 Å². The summed E-state index contributed by atoms with van der Waals surface area (Å²) in [6.45, 7) is 0. The molecule has 4 rings (SSSR count). The molecule has 128 valence electrons. The zero-order valence-corrected chi connectivity index (χ0v) is 14.7. The van der Waals surface area contributed by atoms with E-state index in [1.165, 1.54) is 0 Å². The maximum absolute atomic E-state index is 12.4. The van der Waals surface area contributed by atoms with Crippen molar-refractivity contribution in [1.29, 1.82) is 0 Å². The fourth-order valence-electron chi connectivity index (χ4n) is 2.95. The molecule has 0 bridgehead atoms. The summed E-state index contributed by atoms with van der Waals surface area (Å²) < 4.78 is 5.48. The van der Waals surface area contributed by atoms with Crippen LogP contribution in [-0.2, 0) is 11.2 Å². The van der Waals surface area contributed by atoms with Crippen LogP contribution in [0.15, 0.2) is 83.5 Å². The SMILES string of the molecule is O=C(Cc1coc2ccc(Cl)cc12)Nc1ccc(-c2ccccc2)cc1. The smallest absolute Gasteiger partial charge is 0.228 e. The Morgan fingerprint density at radius 2 is 1.65 bits per heavy atom. The Morgan fingerprint density at radius 3 is 2.42 bits per heavy atom. The average molecular weight is 362 g/mol. The molecule has 1 heterocycles. The van der Waals surface area contributed by atoms with Crippen LogP contribution in [0.5, 0.6) is 0 Å². The van der Waals surface area contributed by atoms with Crippen molar-refractivity contribution in [1.82, 2.24) is 0 Å². The number of anilines is 1. The molecule has 0 unspecified atom stereocenters. The number of nitrogens with one attached hydrogen (secondary N) is 1. The molecular weight excluding hydrogens is 346 g/mol. The van der Waals surface area contributed by atoms with Crippen LogP contribution in [0.3, 0.4) is 0 Å². The number of halogens is 1. The van der Waals surface area contributed by atoms with Gasteiger partial charge in [0.1, 0.15) is 5.58 Å². The minimum Gasteiger partial charge on any atom is -0.464 e. The van der Waals surface area contributed by atoms with E-state index in [4.69, 9.17) is 16.0 Å². The minimum atomic E-state index is -0.0971. The zero-order valence-electron chi connectivity index (χ0n) is 13.9. The first-order valence-electron chi connectivity index (χ1n) is 8.30. The van der Waals surface area contributed by atoms with Crippen LogP contribution in [-0.4, -0.2) is 5.91 Å². The summed E-state index contributed by atoms with van der Waals surface area (Å²) in [4.78, 5) is 12.4. The van der Waals surface area contributed by atoms with Gasteiger partial charge in [0.05, 0.1) is 12.7 Å². The maximum atomic E-state index is 12.4. The van der Waals surface area contributed by atoms with E-state index < -0.39 is 0 Å². The summed E-state index contributed by atoms with van der Waals surface area (Å²) in [7, 11) is 0. The molecule has 0 saturated heterocycles. The van der Waals surface area contributed by atoms with Gasteiger partial charge >= 0.3 is 0 Å². The standard InChI is InChI=1S/C22H16ClNO2/c23-18-8-11-21-20(13-18)17(14-26-21)12-22(25)24-19-9-6-16(7-10-19)15-4-2-1-3-5-15/h1-11,13-14H,12H2,(H,24,25). The van der Waals surface area contributed by atoms with Gasteiger partial charge in [-0.05, 0) is 41.5 Å². The Morgan fingerprint density at radius 1 is 0.923 bits per heavy atom. The lowest BCUT2D eigenvalue weighted by Gasteiger charge is -2.06. The van der Waals surface area contributed by atoms with Crippen molar-refractivity contribution >= 4 is 34.2 Å². The summed E-state index contributed by atoms with van der Waals surface area (Å²) >= 11 is 6.04. The van der Waals surface area contributed by atoms with Crippen LogP contribution in [0.25, 0.3) is 22.1 Å². The van der Waals surface area contributed by atoms with E-state index in [-0.39, 0.29) is 12.3 Å². The topological polar surface area (TPSA) is 42.2 Å². The highest BCUT2D eigenvalue weighted by molar-refractivity contribution is 6.31. The zero-order chi connectivity index (χ0) is 17.9. The maximum Gasteiger partial charge on any atom is 0.228 e.